The van der Waals surface area contributed by atoms with E-state index in [1.807, 2.05) is 24.3 Å². The van der Waals surface area contributed by atoms with E-state index >= 15 is 0 Å². The van der Waals surface area contributed by atoms with Crippen LogP contribution in [0.25, 0.3) is 0 Å². The summed E-state index contributed by atoms with van der Waals surface area (Å²) in [5.74, 6) is 1.54. The molecule has 0 saturated carbocycles. The number of nitrogens with one attached hydrogen (secondary N) is 2. The van der Waals surface area contributed by atoms with Gasteiger partial charge in [-0.1, -0.05) is 36.7 Å². The lowest BCUT2D eigenvalue weighted by Gasteiger charge is -2.11. The molecular weight excluding hydrogens is 340 g/mol. The van der Waals surface area contributed by atoms with E-state index in [9.17, 15) is 0 Å². The maximum absolute atomic E-state index is 6.13. The Balaban J connectivity index is 2.08. The maximum Gasteiger partial charge on any atom is 0.146 e. The second kappa shape index (κ2) is 7.45. The zero-order chi connectivity index (χ0) is 14.4. The van der Waals surface area contributed by atoms with Crippen molar-refractivity contribution in [3.05, 3.63) is 45.7 Å². The molecule has 2 N–H and O–H groups in total. The van der Waals surface area contributed by atoms with E-state index in [1.165, 1.54) is 6.33 Å². The van der Waals surface area contributed by atoms with Crippen molar-refractivity contribution in [2.24, 2.45) is 0 Å². The number of aromatic nitrogens is 2. The third-order valence-electron chi connectivity index (χ3n) is 2.74. The van der Waals surface area contributed by atoms with Crippen LogP contribution in [0.15, 0.2) is 35.1 Å². The van der Waals surface area contributed by atoms with Crippen molar-refractivity contribution < 1.29 is 0 Å². The van der Waals surface area contributed by atoms with Crippen molar-refractivity contribution in [2.45, 2.75) is 19.9 Å². The molecule has 6 heteroatoms. The smallest absolute Gasteiger partial charge is 0.146 e. The van der Waals surface area contributed by atoms with Crippen molar-refractivity contribution in [3.8, 4) is 0 Å². The van der Waals surface area contributed by atoms with Crippen molar-refractivity contribution in [1.29, 1.82) is 0 Å². The molecule has 4 nitrogen and oxygen atoms in total. The Morgan fingerprint density at radius 2 is 1.85 bits per heavy atom. The molecule has 0 spiro atoms. The summed E-state index contributed by atoms with van der Waals surface area (Å²) in [4.78, 5) is 8.45. The average molecular weight is 356 g/mol. The summed E-state index contributed by atoms with van der Waals surface area (Å²) >= 11 is 9.65. The van der Waals surface area contributed by atoms with E-state index in [0.717, 1.165) is 39.7 Å². The Morgan fingerprint density at radius 3 is 2.55 bits per heavy atom. The van der Waals surface area contributed by atoms with Crippen LogP contribution in [0.1, 0.15) is 18.9 Å². The van der Waals surface area contributed by atoms with E-state index in [0.29, 0.717) is 6.54 Å². The molecule has 2 rings (SSSR count). The number of nitrogens with zero attached hydrogens (tertiary/aromatic N) is 2. The van der Waals surface area contributed by atoms with Gasteiger partial charge in [0.25, 0.3) is 0 Å². The van der Waals surface area contributed by atoms with Gasteiger partial charge in [0, 0.05) is 18.1 Å². The van der Waals surface area contributed by atoms with Crippen LogP contribution < -0.4 is 10.6 Å². The molecule has 0 aliphatic heterocycles. The predicted octanol–water partition coefficient (Wildman–Crippen LogP) is 4.33. The van der Waals surface area contributed by atoms with E-state index in [4.69, 9.17) is 11.6 Å². The molecule has 0 fully saturated rings. The van der Waals surface area contributed by atoms with Crippen LogP contribution in [-0.4, -0.2) is 16.5 Å². The minimum Gasteiger partial charge on any atom is -0.369 e. The Morgan fingerprint density at radius 1 is 1.15 bits per heavy atom. The average Bonchev–Trinajstić information content (AvgIpc) is 2.46. The number of hydrogen-bond donors (Lipinski definition) is 2. The number of halogens is 2. The topological polar surface area (TPSA) is 49.8 Å². The monoisotopic (exact) mass is 354 g/mol. The summed E-state index contributed by atoms with van der Waals surface area (Å²) in [5.41, 5.74) is 1.03. The molecule has 106 valence electrons. The van der Waals surface area contributed by atoms with Crippen LogP contribution in [-0.2, 0) is 6.54 Å². The van der Waals surface area contributed by atoms with Gasteiger partial charge in [0.2, 0.25) is 0 Å². The molecule has 1 heterocycles. The van der Waals surface area contributed by atoms with E-state index in [1.54, 1.807) is 0 Å². The predicted molar refractivity (Wildman–Crippen MR) is 87.3 cm³/mol. The van der Waals surface area contributed by atoms with Crippen molar-refractivity contribution in [3.63, 3.8) is 0 Å². The first-order valence-electron chi connectivity index (χ1n) is 6.44. The maximum atomic E-state index is 6.13. The largest absolute Gasteiger partial charge is 0.369 e. The van der Waals surface area contributed by atoms with Crippen LogP contribution in [0.5, 0.6) is 0 Å². The van der Waals surface area contributed by atoms with Crippen LogP contribution in [0.3, 0.4) is 0 Å². The summed E-state index contributed by atoms with van der Waals surface area (Å²) in [7, 11) is 0. The molecule has 0 aliphatic carbocycles. The van der Waals surface area contributed by atoms with E-state index < -0.39 is 0 Å². The zero-order valence-corrected chi connectivity index (χ0v) is 13.5. The number of benzene rings is 1. The molecule has 0 amide bonds. The summed E-state index contributed by atoms with van der Waals surface area (Å²) in [5, 5.41) is 7.26. The van der Waals surface area contributed by atoms with Gasteiger partial charge in [0.1, 0.15) is 22.4 Å². The minimum atomic E-state index is 0.614. The summed E-state index contributed by atoms with van der Waals surface area (Å²) < 4.78 is 0.834. The highest BCUT2D eigenvalue weighted by atomic mass is 79.9. The molecule has 0 unspecified atom stereocenters. The molecule has 0 saturated heterocycles. The second-order valence-electron chi connectivity index (χ2n) is 4.26. The molecule has 20 heavy (non-hydrogen) atoms. The lowest BCUT2D eigenvalue weighted by Crippen LogP contribution is -2.07. The van der Waals surface area contributed by atoms with Gasteiger partial charge in [-0.2, -0.15) is 0 Å². The lowest BCUT2D eigenvalue weighted by atomic mass is 10.2. The molecule has 1 aromatic heterocycles. The summed E-state index contributed by atoms with van der Waals surface area (Å²) in [6.07, 6.45) is 2.58. The van der Waals surface area contributed by atoms with Crippen LogP contribution in [0.2, 0.25) is 5.02 Å². The quantitative estimate of drug-likeness (QED) is 0.810. The van der Waals surface area contributed by atoms with Gasteiger partial charge < -0.3 is 10.6 Å². The van der Waals surface area contributed by atoms with Crippen molar-refractivity contribution in [2.75, 3.05) is 17.2 Å². The molecule has 0 radical (unpaired) electrons. The lowest BCUT2D eigenvalue weighted by molar-refractivity contribution is 0.960. The first-order valence-corrected chi connectivity index (χ1v) is 7.61. The van der Waals surface area contributed by atoms with Gasteiger partial charge in [-0.05, 0) is 34.0 Å². The summed E-state index contributed by atoms with van der Waals surface area (Å²) in [6.45, 7) is 3.60. The fourth-order valence-corrected chi connectivity index (χ4v) is 2.37. The highest BCUT2D eigenvalue weighted by molar-refractivity contribution is 9.10. The standard InChI is InChI=1S/C14H16BrClN4/c1-2-7-17-13-12(15)14(20-9-19-13)18-8-10-5-3-4-6-11(10)16/h3-6,9H,2,7-8H2,1H3,(H2,17,18,19,20). The molecule has 1 aromatic carbocycles. The SMILES string of the molecule is CCCNc1ncnc(NCc2ccccc2Cl)c1Br. The van der Waals surface area contributed by atoms with Crippen molar-refractivity contribution in [1.82, 2.24) is 9.97 Å². The third kappa shape index (κ3) is 3.84. The number of anilines is 2. The van der Waals surface area contributed by atoms with Crippen LogP contribution >= 0.6 is 27.5 Å². The normalized spacial score (nSPS) is 10.3. The molecular formula is C14H16BrClN4. The summed E-state index contributed by atoms with van der Waals surface area (Å²) in [6, 6.07) is 7.74. The van der Waals surface area contributed by atoms with Gasteiger partial charge in [0.05, 0.1) is 0 Å². The van der Waals surface area contributed by atoms with Gasteiger partial charge in [-0.25, -0.2) is 9.97 Å². The third-order valence-corrected chi connectivity index (χ3v) is 3.86. The molecule has 0 bridgehead atoms. The zero-order valence-electron chi connectivity index (χ0n) is 11.2. The Kier molecular flexibility index (Phi) is 5.61. The van der Waals surface area contributed by atoms with Gasteiger partial charge in [0.15, 0.2) is 0 Å². The Labute approximate surface area is 132 Å². The Bertz CT molecular complexity index is 577. The highest BCUT2D eigenvalue weighted by Crippen LogP contribution is 2.27. The van der Waals surface area contributed by atoms with Gasteiger partial charge in [-0.3, -0.25) is 0 Å². The van der Waals surface area contributed by atoms with Crippen LogP contribution in [0.4, 0.5) is 11.6 Å². The van der Waals surface area contributed by atoms with Gasteiger partial charge in [-0.15, -0.1) is 0 Å². The van der Waals surface area contributed by atoms with E-state index in [2.05, 4.69) is 43.5 Å². The fraction of sp³-hybridized carbons (Fsp3) is 0.286. The first-order chi connectivity index (χ1) is 9.72. The fourth-order valence-electron chi connectivity index (χ4n) is 1.68. The molecule has 0 aliphatic rings. The van der Waals surface area contributed by atoms with E-state index in [-0.39, 0.29) is 0 Å². The molecule has 0 atom stereocenters. The highest BCUT2D eigenvalue weighted by Gasteiger charge is 2.08. The van der Waals surface area contributed by atoms with Gasteiger partial charge >= 0.3 is 0 Å². The number of hydrogen-bond acceptors (Lipinski definition) is 4. The first kappa shape index (κ1) is 15.1. The Hall–Kier alpha value is -1.33. The number of rotatable bonds is 6. The van der Waals surface area contributed by atoms with Crippen LogP contribution in [0, 0.1) is 0 Å². The minimum absolute atomic E-state index is 0.614. The van der Waals surface area contributed by atoms with Crippen molar-refractivity contribution >= 4 is 39.2 Å². The second-order valence-corrected chi connectivity index (χ2v) is 5.46. The molecule has 2 aromatic rings.